The standard InChI is InChI=1S/C16H18ClNOSi/c1-12-4-5-13-6-7-14(9-15(13)8-12)16(10-18)19-20(2,3)11-17/h4-9,16H,11H2,1-3H3. The quantitative estimate of drug-likeness (QED) is 0.605. The molecular weight excluding hydrogens is 286 g/mol. The summed E-state index contributed by atoms with van der Waals surface area (Å²) in [4.78, 5) is 0. The molecule has 0 aliphatic rings. The van der Waals surface area contributed by atoms with Crippen LogP contribution in [0, 0.1) is 18.3 Å². The summed E-state index contributed by atoms with van der Waals surface area (Å²) in [5, 5.41) is 11.7. The normalized spacial score (nSPS) is 13.2. The van der Waals surface area contributed by atoms with E-state index in [2.05, 4.69) is 31.2 Å². The minimum atomic E-state index is -1.98. The van der Waals surface area contributed by atoms with Crippen molar-refractivity contribution in [2.75, 3.05) is 5.50 Å². The average molecular weight is 304 g/mol. The Morgan fingerprint density at radius 2 is 1.90 bits per heavy atom. The van der Waals surface area contributed by atoms with E-state index in [1.165, 1.54) is 10.9 Å². The number of nitriles is 1. The maximum atomic E-state index is 9.37. The van der Waals surface area contributed by atoms with Crippen molar-refractivity contribution in [2.24, 2.45) is 0 Å². The van der Waals surface area contributed by atoms with Crippen molar-refractivity contribution in [3.05, 3.63) is 47.5 Å². The van der Waals surface area contributed by atoms with Gasteiger partial charge in [-0.15, -0.1) is 11.6 Å². The topological polar surface area (TPSA) is 33.0 Å². The number of nitrogens with zero attached hydrogens (tertiary/aromatic N) is 1. The van der Waals surface area contributed by atoms with Crippen molar-refractivity contribution < 1.29 is 4.43 Å². The summed E-state index contributed by atoms with van der Waals surface area (Å²) in [5.41, 5.74) is 2.59. The number of fused-ring (bicyclic) bond motifs is 1. The predicted molar refractivity (Wildman–Crippen MR) is 86.3 cm³/mol. The Morgan fingerprint density at radius 1 is 1.20 bits per heavy atom. The lowest BCUT2D eigenvalue weighted by Gasteiger charge is -2.24. The molecule has 2 aromatic carbocycles. The minimum Gasteiger partial charge on any atom is -0.397 e. The monoisotopic (exact) mass is 303 g/mol. The summed E-state index contributed by atoms with van der Waals surface area (Å²) in [7, 11) is -1.98. The summed E-state index contributed by atoms with van der Waals surface area (Å²) in [6, 6.07) is 14.6. The number of hydrogen-bond donors (Lipinski definition) is 0. The Bertz CT molecular complexity index is 663. The third kappa shape index (κ3) is 3.40. The van der Waals surface area contributed by atoms with Gasteiger partial charge in [-0.1, -0.05) is 35.9 Å². The fourth-order valence-corrected chi connectivity index (χ4v) is 3.15. The highest BCUT2D eigenvalue weighted by Gasteiger charge is 2.26. The molecule has 0 aromatic heterocycles. The number of aryl methyl sites for hydroxylation is 1. The zero-order valence-electron chi connectivity index (χ0n) is 12.0. The first kappa shape index (κ1) is 15.1. The lowest BCUT2D eigenvalue weighted by Crippen LogP contribution is -2.34. The van der Waals surface area contributed by atoms with Gasteiger partial charge in [-0.25, -0.2) is 0 Å². The predicted octanol–water partition coefficient (Wildman–Crippen LogP) is 4.71. The Morgan fingerprint density at radius 3 is 2.55 bits per heavy atom. The zero-order chi connectivity index (χ0) is 14.8. The second-order valence-corrected chi connectivity index (χ2v) is 10.5. The molecule has 0 heterocycles. The molecule has 0 N–H and O–H groups in total. The van der Waals surface area contributed by atoms with Crippen molar-refractivity contribution in [3.8, 4) is 6.07 Å². The molecule has 0 aliphatic carbocycles. The molecule has 1 atom stereocenters. The van der Waals surface area contributed by atoms with Crippen molar-refractivity contribution in [2.45, 2.75) is 26.1 Å². The van der Waals surface area contributed by atoms with Gasteiger partial charge in [-0.05, 0) is 42.4 Å². The summed E-state index contributed by atoms with van der Waals surface area (Å²) >= 11 is 5.92. The number of alkyl halides is 1. The van der Waals surface area contributed by atoms with Crippen LogP contribution in [0.3, 0.4) is 0 Å². The highest BCUT2D eigenvalue weighted by Crippen LogP contribution is 2.26. The van der Waals surface area contributed by atoms with Crippen LogP contribution in [0.25, 0.3) is 10.8 Å². The Kier molecular flexibility index (Phi) is 4.49. The molecule has 0 saturated heterocycles. The smallest absolute Gasteiger partial charge is 0.203 e. The second-order valence-electron chi connectivity index (χ2n) is 5.63. The summed E-state index contributed by atoms with van der Waals surface area (Å²) < 4.78 is 5.95. The molecule has 0 bridgehead atoms. The Labute approximate surface area is 126 Å². The maximum absolute atomic E-state index is 9.37. The van der Waals surface area contributed by atoms with Crippen LogP contribution >= 0.6 is 11.6 Å². The van der Waals surface area contributed by atoms with Crippen LogP contribution in [0.2, 0.25) is 13.1 Å². The van der Waals surface area contributed by atoms with E-state index in [-0.39, 0.29) is 0 Å². The van der Waals surface area contributed by atoms with Crippen LogP contribution in [0.15, 0.2) is 36.4 Å². The van der Waals surface area contributed by atoms with Gasteiger partial charge in [0.25, 0.3) is 0 Å². The van der Waals surface area contributed by atoms with E-state index < -0.39 is 14.4 Å². The number of benzene rings is 2. The van der Waals surface area contributed by atoms with E-state index in [0.717, 1.165) is 10.9 Å². The number of hydrogen-bond acceptors (Lipinski definition) is 2. The van der Waals surface area contributed by atoms with E-state index in [9.17, 15) is 5.26 Å². The minimum absolute atomic E-state index is 0.484. The Balaban J connectivity index is 2.38. The first-order valence-corrected chi connectivity index (χ1v) is 10.2. The second kappa shape index (κ2) is 5.97. The van der Waals surface area contributed by atoms with Gasteiger partial charge in [-0.2, -0.15) is 5.26 Å². The molecular formula is C16H18ClNOSi. The van der Waals surface area contributed by atoms with Crippen molar-refractivity contribution >= 4 is 30.7 Å². The van der Waals surface area contributed by atoms with Gasteiger partial charge in [0.05, 0.1) is 6.07 Å². The van der Waals surface area contributed by atoms with Crippen LogP contribution < -0.4 is 0 Å². The highest BCUT2D eigenvalue weighted by atomic mass is 35.5. The summed E-state index contributed by atoms with van der Waals surface area (Å²) in [5.74, 6) is 0. The molecule has 0 aliphatic heterocycles. The first-order valence-electron chi connectivity index (χ1n) is 6.59. The van der Waals surface area contributed by atoms with Crippen LogP contribution in [0.4, 0.5) is 0 Å². The number of halogens is 1. The molecule has 0 amide bonds. The van der Waals surface area contributed by atoms with Crippen LogP contribution in [0.5, 0.6) is 0 Å². The van der Waals surface area contributed by atoms with E-state index in [0.29, 0.717) is 5.50 Å². The van der Waals surface area contributed by atoms with E-state index in [1.54, 1.807) is 0 Å². The van der Waals surface area contributed by atoms with Crippen molar-refractivity contribution in [3.63, 3.8) is 0 Å². The molecule has 2 aromatic rings. The van der Waals surface area contributed by atoms with E-state index in [4.69, 9.17) is 16.0 Å². The van der Waals surface area contributed by atoms with E-state index in [1.807, 2.05) is 31.3 Å². The van der Waals surface area contributed by atoms with Crippen LogP contribution in [0.1, 0.15) is 17.2 Å². The van der Waals surface area contributed by atoms with Crippen molar-refractivity contribution in [1.29, 1.82) is 5.26 Å². The van der Waals surface area contributed by atoms with Gasteiger partial charge in [0.1, 0.15) is 0 Å². The molecule has 0 saturated carbocycles. The largest absolute Gasteiger partial charge is 0.397 e. The van der Waals surface area contributed by atoms with Gasteiger partial charge in [0, 0.05) is 5.50 Å². The zero-order valence-corrected chi connectivity index (χ0v) is 13.7. The highest BCUT2D eigenvalue weighted by molar-refractivity contribution is 6.77. The first-order chi connectivity index (χ1) is 9.45. The SMILES string of the molecule is Cc1ccc2ccc(C(C#N)O[Si](C)(C)CCl)cc2c1. The molecule has 0 spiro atoms. The summed E-state index contributed by atoms with van der Waals surface area (Å²) in [6.45, 7) is 6.11. The maximum Gasteiger partial charge on any atom is 0.203 e. The molecule has 2 nitrogen and oxygen atoms in total. The lowest BCUT2D eigenvalue weighted by atomic mass is 10.0. The van der Waals surface area contributed by atoms with Gasteiger partial charge in [0.2, 0.25) is 8.32 Å². The van der Waals surface area contributed by atoms with Crippen LogP contribution in [-0.2, 0) is 4.43 Å². The molecule has 0 radical (unpaired) electrons. The van der Waals surface area contributed by atoms with E-state index >= 15 is 0 Å². The average Bonchev–Trinajstić information content (AvgIpc) is 2.44. The molecule has 4 heteroatoms. The molecule has 20 heavy (non-hydrogen) atoms. The molecule has 1 unspecified atom stereocenters. The molecule has 104 valence electrons. The van der Waals surface area contributed by atoms with Gasteiger partial charge in [-0.3, -0.25) is 0 Å². The Hall–Kier alpha value is -1.34. The van der Waals surface area contributed by atoms with Gasteiger partial charge in [0.15, 0.2) is 6.10 Å². The third-order valence-electron chi connectivity index (χ3n) is 3.20. The van der Waals surface area contributed by atoms with Crippen LogP contribution in [-0.4, -0.2) is 13.8 Å². The molecule has 2 rings (SSSR count). The van der Waals surface area contributed by atoms with Crippen molar-refractivity contribution in [1.82, 2.24) is 0 Å². The lowest BCUT2D eigenvalue weighted by molar-refractivity contribution is 0.254. The third-order valence-corrected chi connectivity index (χ3v) is 6.65. The fourth-order valence-electron chi connectivity index (χ4n) is 2.07. The summed E-state index contributed by atoms with van der Waals surface area (Å²) in [6.07, 6.45) is -0.541. The number of rotatable bonds is 4. The van der Waals surface area contributed by atoms with Gasteiger partial charge < -0.3 is 4.43 Å². The molecule has 0 fully saturated rings. The van der Waals surface area contributed by atoms with Gasteiger partial charge >= 0.3 is 0 Å². The fraction of sp³-hybridized carbons (Fsp3) is 0.312.